The molecule has 0 aliphatic heterocycles. The smallest absolute Gasteiger partial charge is 0.195 e. The van der Waals surface area contributed by atoms with E-state index in [1.54, 1.807) is 0 Å². The summed E-state index contributed by atoms with van der Waals surface area (Å²) in [4.78, 5) is 13.4. The second-order valence-corrected chi connectivity index (χ2v) is 8.07. The molecule has 0 saturated heterocycles. The molecule has 0 amide bonds. The lowest BCUT2D eigenvalue weighted by Gasteiger charge is -2.23. The molecule has 0 aliphatic carbocycles. The predicted octanol–water partition coefficient (Wildman–Crippen LogP) is 7.47. The van der Waals surface area contributed by atoms with Crippen LogP contribution in [0.3, 0.4) is 0 Å². The second-order valence-electron chi connectivity index (χ2n) is 8.07. The van der Waals surface area contributed by atoms with Crippen molar-refractivity contribution in [3.63, 3.8) is 0 Å². The average molecular weight is 406 g/mol. The summed E-state index contributed by atoms with van der Waals surface area (Å²) in [6.07, 6.45) is 8.12. The van der Waals surface area contributed by atoms with Crippen LogP contribution in [0.2, 0.25) is 0 Å². The topological polar surface area (TPSA) is 31.2 Å². The molecule has 3 aromatic rings. The summed E-state index contributed by atoms with van der Waals surface area (Å²) in [5.41, 5.74) is 3.62. The number of ketones is 1. The number of nitrogens with zero attached hydrogens (tertiary/aromatic N) is 1. The predicted molar refractivity (Wildman–Crippen MR) is 125 cm³/mol. The molecule has 0 spiro atoms. The van der Waals surface area contributed by atoms with Gasteiger partial charge >= 0.3 is 0 Å². The lowest BCUT2D eigenvalue weighted by atomic mass is 10.0. The summed E-state index contributed by atoms with van der Waals surface area (Å²) >= 11 is 0. The van der Waals surface area contributed by atoms with E-state index in [0.717, 1.165) is 53.6 Å². The maximum Gasteiger partial charge on any atom is 0.195 e. The summed E-state index contributed by atoms with van der Waals surface area (Å²) in [6, 6.07) is 17.8. The van der Waals surface area contributed by atoms with E-state index < -0.39 is 0 Å². The highest BCUT2D eigenvalue weighted by Crippen LogP contribution is 2.33. The lowest BCUT2D eigenvalue weighted by Crippen LogP contribution is -2.16. The summed E-state index contributed by atoms with van der Waals surface area (Å²) in [7, 11) is 0. The number of carbonyl (C=O) groups excluding carboxylic acids is 1. The number of para-hydroxylation sites is 1. The second kappa shape index (κ2) is 11.1. The van der Waals surface area contributed by atoms with Gasteiger partial charge in [0.2, 0.25) is 0 Å². The lowest BCUT2D eigenvalue weighted by molar-refractivity contribution is -0.00301. The van der Waals surface area contributed by atoms with Gasteiger partial charge in [0.25, 0.3) is 0 Å². The molecule has 3 nitrogen and oxygen atoms in total. The van der Waals surface area contributed by atoms with Crippen molar-refractivity contribution < 1.29 is 9.53 Å². The molecule has 30 heavy (non-hydrogen) atoms. The maximum atomic E-state index is 13.4. The molecule has 0 fully saturated rings. The van der Waals surface area contributed by atoms with E-state index in [1.165, 1.54) is 25.7 Å². The first-order chi connectivity index (χ1) is 14.7. The molecule has 0 N–H and O–H groups in total. The van der Waals surface area contributed by atoms with Crippen molar-refractivity contribution in [3.8, 4) is 0 Å². The van der Waals surface area contributed by atoms with Gasteiger partial charge in [0.15, 0.2) is 5.78 Å². The summed E-state index contributed by atoms with van der Waals surface area (Å²) in [5, 5.41) is 1.01. The third kappa shape index (κ3) is 5.02. The van der Waals surface area contributed by atoms with Crippen LogP contribution in [0.1, 0.15) is 86.6 Å². The Kier molecular flexibility index (Phi) is 8.27. The highest BCUT2D eigenvalue weighted by Gasteiger charge is 2.24. The van der Waals surface area contributed by atoms with Crippen LogP contribution in [0.4, 0.5) is 0 Å². The molecule has 3 heteroatoms. The van der Waals surface area contributed by atoms with Crippen LogP contribution >= 0.6 is 0 Å². The Morgan fingerprint density at radius 3 is 2.33 bits per heavy atom. The number of fused-ring (bicyclic) bond motifs is 1. The Bertz CT molecular complexity index is 942. The highest BCUT2D eigenvalue weighted by molar-refractivity contribution is 6.17. The molecule has 160 valence electrons. The molecule has 0 radical (unpaired) electrons. The molecule has 0 saturated carbocycles. The van der Waals surface area contributed by atoms with Crippen LogP contribution in [0, 0.1) is 6.92 Å². The molecule has 1 aromatic heterocycles. The van der Waals surface area contributed by atoms with Crippen molar-refractivity contribution in [2.45, 2.75) is 71.9 Å². The van der Waals surface area contributed by atoms with Crippen LogP contribution in [-0.4, -0.2) is 17.0 Å². The number of unbranched alkanes of at least 4 members (excludes halogenated alkanes) is 4. The van der Waals surface area contributed by atoms with Gasteiger partial charge in [-0.2, -0.15) is 0 Å². The number of carbonyl (C=O) groups is 1. The zero-order valence-corrected chi connectivity index (χ0v) is 18.7. The fourth-order valence-corrected chi connectivity index (χ4v) is 4.25. The fraction of sp³-hybridized carbons (Fsp3) is 0.444. The number of ether oxygens (including phenoxy) is 1. The molecule has 3 rings (SSSR count). The van der Waals surface area contributed by atoms with E-state index in [4.69, 9.17) is 4.74 Å². The molecule has 1 heterocycles. The molecular weight excluding hydrogens is 370 g/mol. The summed E-state index contributed by atoms with van der Waals surface area (Å²) < 4.78 is 8.59. The van der Waals surface area contributed by atoms with Crippen LogP contribution in [0.25, 0.3) is 10.9 Å². The van der Waals surface area contributed by atoms with E-state index in [0.29, 0.717) is 0 Å². The highest BCUT2D eigenvalue weighted by atomic mass is 16.5. The molecule has 0 bridgehead atoms. The van der Waals surface area contributed by atoms with Crippen molar-refractivity contribution in [2.24, 2.45) is 0 Å². The van der Waals surface area contributed by atoms with Crippen LogP contribution in [0.15, 0.2) is 54.6 Å². The van der Waals surface area contributed by atoms with E-state index in [9.17, 15) is 4.79 Å². The zero-order chi connectivity index (χ0) is 21.3. The first kappa shape index (κ1) is 22.3. The van der Waals surface area contributed by atoms with Crippen molar-refractivity contribution in [1.82, 2.24) is 4.57 Å². The minimum atomic E-state index is -0.0335. The van der Waals surface area contributed by atoms with Gasteiger partial charge in [0.1, 0.15) is 6.23 Å². The minimum absolute atomic E-state index is 0.0335. The van der Waals surface area contributed by atoms with E-state index in [-0.39, 0.29) is 12.0 Å². The normalized spacial score (nSPS) is 12.4. The molecular formula is C27H35NO2. The first-order valence-electron chi connectivity index (χ1n) is 11.5. The Morgan fingerprint density at radius 2 is 1.60 bits per heavy atom. The quantitative estimate of drug-likeness (QED) is 0.231. The van der Waals surface area contributed by atoms with Gasteiger partial charge in [-0.1, -0.05) is 88.1 Å². The number of hydrogen-bond acceptors (Lipinski definition) is 2. The number of rotatable bonds is 12. The van der Waals surface area contributed by atoms with Crippen LogP contribution in [0.5, 0.6) is 0 Å². The zero-order valence-electron chi connectivity index (χ0n) is 18.7. The standard InChI is InChI=1S/C27H35NO2/c1-4-6-7-8-12-19-25(30-20-5-2)28-21(3)26(23-17-13-14-18-24(23)28)27(29)22-15-10-9-11-16-22/h9-11,13-18,25H,4-8,12,19-20H2,1-3H3. The van der Waals surface area contributed by atoms with Gasteiger partial charge in [-0.3, -0.25) is 4.79 Å². The van der Waals surface area contributed by atoms with Crippen molar-refractivity contribution in [2.75, 3.05) is 6.61 Å². The summed E-state index contributed by atoms with van der Waals surface area (Å²) in [5.74, 6) is 0.0836. The van der Waals surface area contributed by atoms with Crippen molar-refractivity contribution >= 4 is 16.7 Å². The SMILES string of the molecule is CCCCCCCC(OCCC)n1c(C)c(C(=O)c2ccccc2)c2ccccc21. The molecule has 1 unspecified atom stereocenters. The maximum absolute atomic E-state index is 13.4. The molecule has 1 atom stereocenters. The number of hydrogen-bond donors (Lipinski definition) is 0. The van der Waals surface area contributed by atoms with Crippen LogP contribution < -0.4 is 0 Å². The molecule has 2 aromatic carbocycles. The van der Waals surface area contributed by atoms with E-state index in [2.05, 4.69) is 37.5 Å². The van der Waals surface area contributed by atoms with Crippen molar-refractivity contribution in [1.29, 1.82) is 0 Å². The Morgan fingerprint density at radius 1 is 0.900 bits per heavy atom. The number of aromatic nitrogens is 1. The van der Waals surface area contributed by atoms with Gasteiger partial charge in [-0.15, -0.1) is 0 Å². The van der Waals surface area contributed by atoms with Crippen molar-refractivity contribution in [3.05, 3.63) is 71.4 Å². The summed E-state index contributed by atoms with van der Waals surface area (Å²) in [6.45, 7) is 7.18. The average Bonchev–Trinajstić information content (AvgIpc) is 3.07. The van der Waals surface area contributed by atoms with Gasteiger partial charge in [0, 0.05) is 23.3 Å². The number of benzene rings is 2. The largest absolute Gasteiger partial charge is 0.358 e. The van der Waals surface area contributed by atoms with Gasteiger partial charge < -0.3 is 9.30 Å². The monoisotopic (exact) mass is 405 g/mol. The Balaban J connectivity index is 1.98. The van der Waals surface area contributed by atoms with Gasteiger partial charge in [-0.05, 0) is 32.3 Å². The molecule has 0 aliphatic rings. The minimum Gasteiger partial charge on any atom is -0.358 e. The van der Waals surface area contributed by atoms with E-state index >= 15 is 0 Å². The third-order valence-electron chi connectivity index (χ3n) is 5.78. The van der Waals surface area contributed by atoms with Gasteiger partial charge in [-0.25, -0.2) is 0 Å². The van der Waals surface area contributed by atoms with Gasteiger partial charge in [0.05, 0.1) is 11.1 Å². The Hall–Kier alpha value is -2.39. The fourth-order valence-electron chi connectivity index (χ4n) is 4.25. The van der Waals surface area contributed by atoms with E-state index in [1.807, 2.05) is 42.5 Å². The van der Waals surface area contributed by atoms with Crippen LogP contribution in [-0.2, 0) is 4.74 Å². The Labute approximate surface area is 181 Å². The third-order valence-corrected chi connectivity index (χ3v) is 5.78. The first-order valence-corrected chi connectivity index (χ1v) is 11.5.